The molecule has 1 rings (SSSR count). The van der Waals surface area contributed by atoms with Crippen LogP contribution in [0, 0.1) is 0 Å². The van der Waals surface area contributed by atoms with E-state index in [0.29, 0.717) is 11.7 Å². The fraction of sp³-hybridized carbons (Fsp3) is 0.625. The van der Waals surface area contributed by atoms with Gasteiger partial charge in [-0.1, -0.05) is 0 Å². The third-order valence-corrected chi connectivity index (χ3v) is 3.49. The van der Waals surface area contributed by atoms with Crippen molar-refractivity contribution in [2.75, 3.05) is 6.26 Å². The zero-order valence-electron chi connectivity index (χ0n) is 8.39. The number of sulfone groups is 1. The lowest BCUT2D eigenvalue weighted by Gasteiger charge is -2.04. The van der Waals surface area contributed by atoms with Gasteiger partial charge < -0.3 is 10.2 Å². The summed E-state index contributed by atoms with van der Waals surface area (Å²) in [5, 5.41) is -0.678. The Kier molecular flexibility index (Phi) is 2.96. The molecule has 0 saturated carbocycles. The van der Waals surface area contributed by atoms with Crippen LogP contribution in [0.15, 0.2) is 10.6 Å². The molecule has 6 heteroatoms. The molecule has 80 valence electrons. The number of oxazole rings is 1. The summed E-state index contributed by atoms with van der Waals surface area (Å²) in [5.74, 6) is 0.690. The summed E-state index contributed by atoms with van der Waals surface area (Å²) in [5.41, 5.74) is 5.53. The monoisotopic (exact) mass is 218 g/mol. The molecule has 14 heavy (non-hydrogen) atoms. The number of rotatable bonds is 3. The second-order valence-electron chi connectivity index (χ2n) is 3.36. The van der Waals surface area contributed by atoms with Gasteiger partial charge in [-0.2, -0.15) is 0 Å². The van der Waals surface area contributed by atoms with E-state index in [4.69, 9.17) is 10.2 Å². The molecule has 0 saturated heterocycles. The van der Waals surface area contributed by atoms with Crippen LogP contribution in [0.2, 0.25) is 0 Å². The van der Waals surface area contributed by atoms with Gasteiger partial charge in [0.1, 0.15) is 11.0 Å². The lowest BCUT2D eigenvalue weighted by atomic mass is 10.4. The number of nitrogens with two attached hydrogens (primary N) is 1. The van der Waals surface area contributed by atoms with E-state index in [1.807, 2.05) is 0 Å². The Balaban J connectivity index is 2.98. The number of hydrogen-bond acceptors (Lipinski definition) is 5. The van der Waals surface area contributed by atoms with E-state index in [-0.39, 0.29) is 6.04 Å². The quantitative estimate of drug-likeness (QED) is 0.810. The maximum atomic E-state index is 11.2. The number of nitrogens with zero attached hydrogens (tertiary/aromatic N) is 1. The van der Waals surface area contributed by atoms with E-state index >= 15 is 0 Å². The molecule has 1 heterocycles. The minimum absolute atomic E-state index is 0.324. The maximum Gasteiger partial charge on any atom is 0.211 e. The first-order valence-electron chi connectivity index (χ1n) is 4.22. The van der Waals surface area contributed by atoms with E-state index in [9.17, 15) is 8.42 Å². The summed E-state index contributed by atoms with van der Waals surface area (Å²) in [6.45, 7) is 3.28. The fourth-order valence-corrected chi connectivity index (χ4v) is 1.44. The van der Waals surface area contributed by atoms with Crippen molar-refractivity contribution in [3.63, 3.8) is 0 Å². The summed E-state index contributed by atoms with van der Waals surface area (Å²) >= 11 is 0. The lowest BCUT2D eigenvalue weighted by Crippen LogP contribution is -2.07. The van der Waals surface area contributed by atoms with Gasteiger partial charge in [0.05, 0.1) is 12.2 Å². The van der Waals surface area contributed by atoms with Gasteiger partial charge in [0.15, 0.2) is 9.84 Å². The van der Waals surface area contributed by atoms with Gasteiger partial charge >= 0.3 is 0 Å². The molecular weight excluding hydrogens is 204 g/mol. The fourth-order valence-electron chi connectivity index (χ4n) is 0.910. The molecular formula is C8H14N2O3S. The molecule has 0 aliphatic carbocycles. The van der Waals surface area contributed by atoms with Gasteiger partial charge in [-0.15, -0.1) is 0 Å². The second-order valence-corrected chi connectivity index (χ2v) is 5.73. The minimum Gasteiger partial charge on any atom is -0.443 e. The average molecular weight is 218 g/mol. The molecule has 0 aliphatic heterocycles. The summed E-state index contributed by atoms with van der Waals surface area (Å²) in [6.07, 6.45) is 2.57. The Morgan fingerprint density at radius 1 is 1.50 bits per heavy atom. The number of hydrogen-bond donors (Lipinski definition) is 1. The Hall–Kier alpha value is -0.880. The zero-order valence-corrected chi connectivity index (χ0v) is 9.21. The number of aromatic nitrogens is 1. The molecule has 2 atom stereocenters. The highest BCUT2D eigenvalue weighted by Crippen LogP contribution is 2.22. The third kappa shape index (κ3) is 2.33. The largest absolute Gasteiger partial charge is 0.443 e. The predicted molar refractivity (Wildman–Crippen MR) is 52.4 cm³/mol. The maximum absolute atomic E-state index is 11.2. The van der Waals surface area contributed by atoms with Crippen molar-refractivity contribution in [1.82, 2.24) is 4.98 Å². The normalized spacial score (nSPS) is 16.6. The van der Waals surface area contributed by atoms with E-state index in [1.54, 1.807) is 13.8 Å². The molecule has 0 aliphatic rings. The molecule has 1 aromatic heterocycles. The van der Waals surface area contributed by atoms with Gasteiger partial charge in [-0.3, -0.25) is 0 Å². The van der Waals surface area contributed by atoms with Crippen LogP contribution in [0.5, 0.6) is 0 Å². The molecule has 0 radical (unpaired) electrons. The van der Waals surface area contributed by atoms with Gasteiger partial charge in [0, 0.05) is 6.26 Å². The van der Waals surface area contributed by atoms with Crippen LogP contribution in [0.25, 0.3) is 0 Å². The van der Waals surface area contributed by atoms with Crippen molar-refractivity contribution >= 4 is 9.84 Å². The first kappa shape index (κ1) is 11.2. The van der Waals surface area contributed by atoms with E-state index < -0.39 is 15.1 Å². The van der Waals surface area contributed by atoms with Crippen molar-refractivity contribution in [3.8, 4) is 0 Å². The molecule has 0 bridgehead atoms. The van der Waals surface area contributed by atoms with Crippen molar-refractivity contribution in [3.05, 3.63) is 17.8 Å². The van der Waals surface area contributed by atoms with Crippen LogP contribution < -0.4 is 5.73 Å². The first-order chi connectivity index (χ1) is 6.32. The first-order valence-corrected chi connectivity index (χ1v) is 6.18. The third-order valence-electron chi connectivity index (χ3n) is 1.97. The molecule has 0 amide bonds. The van der Waals surface area contributed by atoms with Gasteiger partial charge in [-0.05, 0) is 13.8 Å². The van der Waals surface area contributed by atoms with Crippen LogP contribution in [0.4, 0.5) is 0 Å². The van der Waals surface area contributed by atoms with E-state index in [2.05, 4.69) is 4.98 Å². The van der Waals surface area contributed by atoms with Crippen LogP contribution in [-0.2, 0) is 9.84 Å². The standard InChI is InChI=1S/C8H14N2O3S/c1-5(9)8-10-4-7(13-8)6(2)14(3,11)12/h4-6H,9H2,1-3H3. The smallest absolute Gasteiger partial charge is 0.211 e. The molecule has 5 nitrogen and oxygen atoms in total. The Morgan fingerprint density at radius 2 is 2.07 bits per heavy atom. The van der Waals surface area contributed by atoms with E-state index in [0.717, 1.165) is 6.26 Å². The predicted octanol–water partition coefficient (Wildman–Crippen LogP) is 0.800. The van der Waals surface area contributed by atoms with Crippen molar-refractivity contribution < 1.29 is 12.8 Å². The molecule has 2 N–H and O–H groups in total. The Morgan fingerprint density at radius 3 is 2.43 bits per heavy atom. The van der Waals surface area contributed by atoms with Gasteiger partial charge in [0.25, 0.3) is 0 Å². The molecule has 0 fully saturated rings. The molecule has 1 aromatic rings. The minimum atomic E-state index is -3.14. The summed E-state index contributed by atoms with van der Waals surface area (Å²) in [6, 6.07) is -0.324. The van der Waals surface area contributed by atoms with Crippen LogP contribution in [-0.4, -0.2) is 19.7 Å². The Bertz CT molecular complexity index is 408. The summed E-state index contributed by atoms with van der Waals surface area (Å²) in [7, 11) is -3.14. The van der Waals surface area contributed by atoms with Crippen molar-refractivity contribution in [2.45, 2.75) is 25.1 Å². The van der Waals surface area contributed by atoms with Crippen LogP contribution >= 0.6 is 0 Å². The zero-order chi connectivity index (χ0) is 10.9. The summed E-state index contributed by atoms with van der Waals surface area (Å²) < 4.78 is 27.6. The highest BCUT2D eigenvalue weighted by Gasteiger charge is 2.22. The lowest BCUT2D eigenvalue weighted by molar-refractivity contribution is 0.428. The average Bonchev–Trinajstić information content (AvgIpc) is 2.48. The van der Waals surface area contributed by atoms with Gasteiger partial charge in [0.2, 0.25) is 5.89 Å². The summed E-state index contributed by atoms with van der Waals surface area (Å²) in [4.78, 5) is 3.89. The Labute approximate surface area is 83.2 Å². The highest BCUT2D eigenvalue weighted by atomic mass is 32.2. The topological polar surface area (TPSA) is 86.2 Å². The molecule has 0 spiro atoms. The molecule has 2 unspecified atom stereocenters. The molecule has 0 aromatic carbocycles. The van der Waals surface area contributed by atoms with Crippen molar-refractivity contribution in [2.24, 2.45) is 5.73 Å². The van der Waals surface area contributed by atoms with Crippen molar-refractivity contribution in [1.29, 1.82) is 0 Å². The van der Waals surface area contributed by atoms with E-state index in [1.165, 1.54) is 6.20 Å². The SMILES string of the molecule is CC(N)c1ncc(C(C)S(C)(=O)=O)o1. The second kappa shape index (κ2) is 3.70. The van der Waals surface area contributed by atoms with Crippen LogP contribution in [0.1, 0.15) is 36.8 Å². The van der Waals surface area contributed by atoms with Gasteiger partial charge in [-0.25, -0.2) is 13.4 Å². The highest BCUT2D eigenvalue weighted by molar-refractivity contribution is 7.90. The van der Waals surface area contributed by atoms with Crippen LogP contribution in [0.3, 0.4) is 0 Å².